The number of nitrogens with one attached hydrogen (secondary N) is 1. The Hall–Kier alpha value is -3.88. The van der Waals surface area contributed by atoms with Crippen LogP contribution in [0.5, 0.6) is 0 Å². The summed E-state index contributed by atoms with van der Waals surface area (Å²) in [4.78, 5) is 17.0. The third kappa shape index (κ3) is 4.13. The Morgan fingerprint density at radius 1 is 0.848 bits per heavy atom. The van der Waals surface area contributed by atoms with Crippen LogP contribution in [0.1, 0.15) is 10.6 Å². The summed E-state index contributed by atoms with van der Waals surface area (Å²) in [5.74, 6) is -0.245. The topological polar surface area (TPSA) is 102 Å². The molecule has 0 saturated heterocycles. The van der Waals surface area contributed by atoms with E-state index in [1.165, 1.54) is 36.4 Å². The van der Waals surface area contributed by atoms with Gasteiger partial charge in [0.15, 0.2) is 11.3 Å². The average Bonchev–Trinajstić information content (AvgIpc) is 3.48. The number of aromatic nitrogens is 1. The van der Waals surface area contributed by atoms with Gasteiger partial charge in [-0.3, -0.25) is 4.79 Å². The van der Waals surface area contributed by atoms with E-state index in [4.69, 9.17) is 20.4 Å². The van der Waals surface area contributed by atoms with Crippen LogP contribution in [0.3, 0.4) is 0 Å². The van der Waals surface area contributed by atoms with Gasteiger partial charge >= 0.3 is 0 Å². The smallest absolute Gasteiger partial charge is 0.291 e. The molecule has 5 aromatic rings. The van der Waals surface area contributed by atoms with Crippen molar-refractivity contribution in [3.8, 4) is 11.5 Å². The van der Waals surface area contributed by atoms with Crippen molar-refractivity contribution in [2.24, 2.45) is 0 Å². The Balaban J connectivity index is 1.32. The Morgan fingerprint density at radius 3 is 2.30 bits per heavy atom. The third-order valence-corrected chi connectivity index (χ3v) is 6.77. The number of benzene rings is 3. The van der Waals surface area contributed by atoms with Crippen molar-refractivity contribution in [1.82, 2.24) is 4.98 Å². The first-order valence-electron chi connectivity index (χ1n) is 9.78. The predicted molar refractivity (Wildman–Crippen MR) is 123 cm³/mol. The van der Waals surface area contributed by atoms with E-state index in [0.29, 0.717) is 22.2 Å². The van der Waals surface area contributed by atoms with Gasteiger partial charge in [-0.2, -0.15) is 0 Å². The third-order valence-electron chi connectivity index (χ3n) is 4.88. The number of anilines is 1. The zero-order valence-corrected chi connectivity index (χ0v) is 18.4. The number of rotatable bonds is 5. The zero-order chi connectivity index (χ0) is 23.0. The second-order valence-corrected chi connectivity index (χ2v) is 9.41. The van der Waals surface area contributed by atoms with Crippen LogP contribution in [0.25, 0.3) is 22.6 Å². The molecule has 0 radical (unpaired) electrons. The van der Waals surface area contributed by atoms with E-state index in [-0.39, 0.29) is 15.7 Å². The first-order chi connectivity index (χ1) is 15.9. The number of carbonyl (C=O) groups excluding carboxylic acids is 1. The van der Waals surface area contributed by atoms with Crippen LogP contribution in [0.15, 0.2) is 104 Å². The summed E-state index contributed by atoms with van der Waals surface area (Å²) in [5.41, 5.74) is 2.69. The maximum Gasteiger partial charge on any atom is 0.291 e. The number of furan rings is 1. The molecule has 0 atom stereocenters. The van der Waals surface area contributed by atoms with Crippen molar-refractivity contribution in [3.63, 3.8) is 0 Å². The van der Waals surface area contributed by atoms with Crippen LogP contribution in [0.2, 0.25) is 5.02 Å². The van der Waals surface area contributed by atoms with Gasteiger partial charge in [-0.25, -0.2) is 13.4 Å². The van der Waals surface area contributed by atoms with Gasteiger partial charge in [0.2, 0.25) is 20.8 Å². The number of amides is 1. The van der Waals surface area contributed by atoms with Gasteiger partial charge < -0.3 is 14.2 Å². The molecule has 1 amide bonds. The molecule has 7 nitrogen and oxygen atoms in total. The fourth-order valence-corrected chi connectivity index (χ4v) is 4.50. The predicted octanol–water partition coefficient (Wildman–Crippen LogP) is 5.83. The van der Waals surface area contributed by atoms with Gasteiger partial charge in [-0.15, -0.1) is 0 Å². The molecule has 0 bridgehead atoms. The number of oxazole rings is 1. The van der Waals surface area contributed by atoms with Crippen LogP contribution >= 0.6 is 11.6 Å². The number of nitrogens with zero attached hydrogens (tertiary/aromatic N) is 1. The van der Waals surface area contributed by atoms with Crippen molar-refractivity contribution >= 4 is 44.1 Å². The number of para-hydroxylation sites is 2. The minimum absolute atomic E-state index is 0.0167. The van der Waals surface area contributed by atoms with E-state index in [1.54, 1.807) is 24.3 Å². The van der Waals surface area contributed by atoms with E-state index in [2.05, 4.69) is 10.3 Å². The van der Waals surface area contributed by atoms with Crippen molar-refractivity contribution < 1.29 is 22.0 Å². The van der Waals surface area contributed by atoms with E-state index in [9.17, 15) is 13.2 Å². The van der Waals surface area contributed by atoms with Crippen LogP contribution < -0.4 is 5.32 Å². The summed E-state index contributed by atoms with van der Waals surface area (Å²) in [5, 5.41) is 2.76. The molecule has 2 heterocycles. The zero-order valence-electron chi connectivity index (χ0n) is 16.9. The van der Waals surface area contributed by atoms with Crippen LogP contribution in [-0.4, -0.2) is 19.3 Å². The summed E-state index contributed by atoms with van der Waals surface area (Å²) in [6.07, 6.45) is 0. The maximum atomic E-state index is 12.7. The number of fused-ring (bicyclic) bond motifs is 1. The number of carbonyl (C=O) groups is 1. The molecule has 2 aromatic heterocycles. The number of halogens is 1. The Morgan fingerprint density at radius 2 is 1.58 bits per heavy atom. The van der Waals surface area contributed by atoms with Crippen molar-refractivity contribution in [2.45, 2.75) is 9.99 Å². The maximum absolute atomic E-state index is 12.7. The first kappa shape index (κ1) is 21.0. The van der Waals surface area contributed by atoms with Crippen LogP contribution in [-0.2, 0) is 9.84 Å². The molecule has 0 spiro atoms. The molecule has 33 heavy (non-hydrogen) atoms. The molecule has 5 rings (SSSR count). The SMILES string of the molecule is O=C(Nc1ccc(-c2nc3ccccc3o2)cc1)c1ccc(S(=O)(=O)c2ccc(Cl)cc2)o1. The van der Waals surface area contributed by atoms with Crippen molar-refractivity contribution in [1.29, 1.82) is 0 Å². The Kier molecular flexibility index (Phi) is 5.24. The molecule has 9 heteroatoms. The number of hydrogen-bond acceptors (Lipinski definition) is 6. The highest BCUT2D eigenvalue weighted by Gasteiger charge is 2.23. The molecule has 3 aromatic carbocycles. The Bertz CT molecular complexity index is 1540. The summed E-state index contributed by atoms with van der Waals surface area (Å²) in [6.45, 7) is 0. The molecule has 0 unspecified atom stereocenters. The second kappa shape index (κ2) is 8.23. The summed E-state index contributed by atoms with van der Waals surface area (Å²) < 4.78 is 36.5. The lowest BCUT2D eigenvalue weighted by molar-refractivity contribution is 0.0991. The summed E-state index contributed by atoms with van der Waals surface area (Å²) in [6, 6.07) is 22.6. The standard InChI is InChI=1S/C24H15ClN2O5S/c25-16-7-11-18(12-8-16)33(29,30)22-14-13-21(31-22)23(28)26-17-9-5-15(6-10-17)24-27-19-3-1-2-4-20(19)32-24/h1-14H,(H,26,28). The molecule has 0 aliphatic heterocycles. The number of hydrogen-bond donors (Lipinski definition) is 1. The van der Waals surface area contributed by atoms with E-state index < -0.39 is 15.7 Å². The highest BCUT2D eigenvalue weighted by molar-refractivity contribution is 7.91. The van der Waals surface area contributed by atoms with Crippen LogP contribution in [0, 0.1) is 0 Å². The lowest BCUT2D eigenvalue weighted by Gasteiger charge is -2.04. The molecule has 0 saturated carbocycles. The van der Waals surface area contributed by atoms with Crippen molar-refractivity contribution in [2.75, 3.05) is 5.32 Å². The number of sulfone groups is 1. The molecule has 164 valence electrons. The van der Waals surface area contributed by atoms with Crippen LogP contribution in [0.4, 0.5) is 5.69 Å². The Labute approximate surface area is 193 Å². The lowest BCUT2D eigenvalue weighted by atomic mass is 10.2. The summed E-state index contributed by atoms with van der Waals surface area (Å²) >= 11 is 5.81. The van der Waals surface area contributed by atoms with Gasteiger partial charge in [0.1, 0.15) is 5.52 Å². The van der Waals surface area contributed by atoms with E-state index >= 15 is 0 Å². The minimum Gasteiger partial charge on any atom is -0.439 e. The molecule has 0 aliphatic carbocycles. The normalized spacial score (nSPS) is 11.5. The minimum atomic E-state index is -3.91. The second-order valence-electron chi connectivity index (χ2n) is 7.09. The molecule has 0 aliphatic rings. The molecular formula is C24H15ClN2O5S. The quantitative estimate of drug-likeness (QED) is 0.341. The summed E-state index contributed by atoms with van der Waals surface area (Å²) in [7, 11) is -3.91. The van der Waals surface area contributed by atoms with Gasteiger partial charge in [0.05, 0.1) is 4.90 Å². The fourth-order valence-electron chi connectivity index (χ4n) is 3.20. The molecule has 1 N–H and O–H groups in total. The fraction of sp³-hybridized carbons (Fsp3) is 0. The largest absolute Gasteiger partial charge is 0.439 e. The van der Waals surface area contributed by atoms with Crippen molar-refractivity contribution in [3.05, 3.63) is 95.7 Å². The van der Waals surface area contributed by atoms with E-state index in [0.717, 1.165) is 11.1 Å². The van der Waals surface area contributed by atoms with Gasteiger partial charge in [-0.05, 0) is 72.8 Å². The highest BCUT2D eigenvalue weighted by Crippen LogP contribution is 2.27. The lowest BCUT2D eigenvalue weighted by Crippen LogP contribution is -2.10. The molecule has 0 fully saturated rings. The monoisotopic (exact) mass is 478 g/mol. The first-order valence-corrected chi connectivity index (χ1v) is 11.6. The average molecular weight is 479 g/mol. The van der Waals surface area contributed by atoms with Gasteiger partial charge in [0.25, 0.3) is 5.91 Å². The van der Waals surface area contributed by atoms with Gasteiger partial charge in [-0.1, -0.05) is 23.7 Å². The highest BCUT2D eigenvalue weighted by atomic mass is 35.5. The van der Waals surface area contributed by atoms with Gasteiger partial charge in [0, 0.05) is 16.3 Å². The molecular weight excluding hydrogens is 464 g/mol. The van der Waals surface area contributed by atoms with E-state index in [1.807, 2.05) is 24.3 Å².